The average Bonchev–Trinajstić information content (AvgIpc) is 2.68. The fraction of sp³-hybridized carbons (Fsp3) is 0. The molecule has 1 heterocycles. The summed E-state index contributed by atoms with van der Waals surface area (Å²) >= 11 is 5.85. The van der Waals surface area contributed by atoms with Crippen LogP contribution in [0.4, 0.5) is 4.39 Å². The van der Waals surface area contributed by atoms with Gasteiger partial charge >= 0.3 is 0 Å². The number of aromatic nitrogens is 2. The molecule has 126 valence electrons. The lowest BCUT2D eigenvalue weighted by Crippen LogP contribution is -1.89. The third kappa shape index (κ3) is 3.48. The van der Waals surface area contributed by atoms with E-state index in [2.05, 4.69) is 22.1 Å². The Morgan fingerprint density at radius 2 is 1.27 bits per heavy atom. The quantitative estimate of drug-likeness (QED) is 0.402. The molecule has 26 heavy (non-hydrogen) atoms. The molecule has 0 spiro atoms. The van der Waals surface area contributed by atoms with Gasteiger partial charge in [0.15, 0.2) is 0 Å². The number of benzene rings is 3. The molecule has 2 nitrogen and oxygen atoms in total. The molecule has 0 aliphatic heterocycles. The zero-order valence-corrected chi connectivity index (χ0v) is 14.5. The zero-order chi connectivity index (χ0) is 17.9. The van der Waals surface area contributed by atoms with E-state index in [1.165, 1.54) is 12.1 Å². The summed E-state index contributed by atoms with van der Waals surface area (Å²) in [5.74, 6) is -0.320. The van der Waals surface area contributed by atoms with Crippen molar-refractivity contribution in [2.45, 2.75) is 0 Å². The van der Waals surface area contributed by atoms with Gasteiger partial charge in [0.05, 0.1) is 5.69 Å². The first kappa shape index (κ1) is 16.4. The van der Waals surface area contributed by atoms with Crippen LogP contribution < -0.4 is 0 Å². The standard InChI is InChI=1S/C22H14ClFN2/c23-22-25-11-10-21(26-22)19-12-18(13-20(24)14-19)17-8-6-16(7-9-17)15-4-2-1-3-5-15/h1-14H. The van der Waals surface area contributed by atoms with Crippen LogP contribution in [0, 0.1) is 5.82 Å². The van der Waals surface area contributed by atoms with E-state index in [1.54, 1.807) is 12.3 Å². The SMILES string of the molecule is Fc1cc(-c2ccc(-c3ccccc3)cc2)cc(-c2ccnc(Cl)n2)c1. The van der Waals surface area contributed by atoms with Gasteiger partial charge in [0.25, 0.3) is 0 Å². The van der Waals surface area contributed by atoms with E-state index in [-0.39, 0.29) is 11.1 Å². The molecule has 0 atom stereocenters. The summed E-state index contributed by atoms with van der Waals surface area (Å²) in [4.78, 5) is 8.03. The van der Waals surface area contributed by atoms with Crippen molar-refractivity contribution in [1.82, 2.24) is 9.97 Å². The molecule has 4 rings (SSSR count). The third-order valence-corrected chi connectivity index (χ3v) is 4.33. The molecule has 0 unspecified atom stereocenters. The van der Waals surface area contributed by atoms with Crippen molar-refractivity contribution in [3.63, 3.8) is 0 Å². The first-order chi connectivity index (χ1) is 12.7. The average molecular weight is 361 g/mol. The van der Waals surface area contributed by atoms with Crippen LogP contribution in [0.1, 0.15) is 0 Å². The molecule has 0 saturated heterocycles. The van der Waals surface area contributed by atoms with E-state index in [0.29, 0.717) is 11.3 Å². The van der Waals surface area contributed by atoms with Gasteiger partial charge in [-0.2, -0.15) is 0 Å². The smallest absolute Gasteiger partial charge is 0.222 e. The molecule has 4 heteroatoms. The highest BCUT2D eigenvalue weighted by Crippen LogP contribution is 2.29. The van der Waals surface area contributed by atoms with Crippen LogP contribution in [-0.4, -0.2) is 9.97 Å². The van der Waals surface area contributed by atoms with Gasteiger partial charge < -0.3 is 0 Å². The summed E-state index contributed by atoms with van der Waals surface area (Å²) in [5, 5.41) is 0.139. The van der Waals surface area contributed by atoms with Crippen LogP contribution in [0.15, 0.2) is 85.1 Å². The molecule has 0 amide bonds. The molecule has 0 aliphatic rings. The maximum atomic E-state index is 14.2. The van der Waals surface area contributed by atoms with Crippen LogP contribution in [0.5, 0.6) is 0 Å². The normalized spacial score (nSPS) is 10.7. The van der Waals surface area contributed by atoms with Crippen molar-refractivity contribution >= 4 is 11.6 Å². The van der Waals surface area contributed by atoms with Crippen molar-refractivity contribution in [3.8, 4) is 33.5 Å². The summed E-state index contributed by atoms with van der Waals surface area (Å²) < 4.78 is 14.2. The van der Waals surface area contributed by atoms with Crippen LogP contribution in [0.25, 0.3) is 33.5 Å². The predicted molar refractivity (Wildman–Crippen MR) is 103 cm³/mol. The number of hydrogen-bond acceptors (Lipinski definition) is 2. The molecular weight excluding hydrogens is 347 g/mol. The lowest BCUT2D eigenvalue weighted by Gasteiger charge is -2.08. The maximum absolute atomic E-state index is 14.2. The molecule has 0 radical (unpaired) electrons. The molecule has 0 saturated carbocycles. The molecule has 0 bridgehead atoms. The summed E-state index contributed by atoms with van der Waals surface area (Å²) in [6.45, 7) is 0. The van der Waals surface area contributed by atoms with Crippen LogP contribution in [0.3, 0.4) is 0 Å². The second-order valence-electron chi connectivity index (χ2n) is 5.88. The van der Waals surface area contributed by atoms with Crippen molar-refractivity contribution < 1.29 is 4.39 Å². The molecule has 4 aromatic rings. The Morgan fingerprint density at radius 3 is 1.96 bits per heavy atom. The van der Waals surface area contributed by atoms with Gasteiger partial charge in [0.1, 0.15) is 5.82 Å². The number of halogens is 2. The highest BCUT2D eigenvalue weighted by Gasteiger charge is 2.08. The van der Waals surface area contributed by atoms with Gasteiger partial charge in [-0.15, -0.1) is 0 Å². The topological polar surface area (TPSA) is 25.8 Å². The molecule has 3 aromatic carbocycles. The van der Waals surface area contributed by atoms with Crippen molar-refractivity contribution in [2.24, 2.45) is 0 Å². The highest BCUT2D eigenvalue weighted by molar-refractivity contribution is 6.28. The first-order valence-corrected chi connectivity index (χ1v) is 8.52. The first-order valence-electron chi connectivity index (χ1n) is 8.14. The van der Waals surface area contributed by atoms with Crippen molar-refractivity contribution in [1.29, 1.82) is 0 Å². The van der Waals surface area contributed by atoms with E-state index in [1.807, 2.05) is 48.5 Å². The van der Waals surface area contributed by atoms with Gasteiger partial charge in [0.2, 0.25) is 5.28 Å². The Balaban J connectivity index is 1.72. The Labute approximate surface area is 156 Å². The summed E-state index contributed by atoms with van der Waals surface area (Å²) in [7, 11) is 0. The summed E-state index contributed by atoms with van der Waals surface area (Å²) in [6.07, 6.45) is 1.56. The van der Waals surface area contributed by atoms with E-state index in [0.717, 1.165) is 22.3 Å². The van der Waals surface area contributed by atoms with Crippen molar-refractivity contribution in [2.75, 3.05) is 0 Å². The largest absolute Gasteiger partial charge is 0.226 e. The fourth-order valence-corrected chi connectivity index (χ4v) is 3.03. The van der Waals surface area contributed by atoms with Crippen LogP contribution in [0.2, 0.25) is 5.28 Å². The fourth-order valence-electron chi connectivity index (χ4n) is 2.89. The zero-order valence-electron chi connectivity index (χ0n) is 13.7. The van der Waals surface area contributed by atoms with Gasteiger partial charge in [-0.1, -0.05) is 54.6 Å². The lowest BCUT2D eigenvalue weighted by atomic mass is 9.98. The van der Waals surface area contributed by atoms with Crippen LogP contribution >= 0.6 is 11.6 Å². The van der Waals surface area contributed by atoms with Crippen LogP contribution in [-0.2, 0) is 0 Å². The molecule has 1 aromatic heterocycles. The Kier molecular flexibility index (Phi) is 4.46. The van der Waals surface area contributed by atoms with Gasteiger partial charge in [-0.3, -0.25) is 0 Å². The Hall–Kier alpha value is -3.04. The maximum Gasteiger partial charge on any atom is 0.222 e. The number of nitrogens with zero attached hydrogens (tertiary/aromatic N) is 2. The van der Waals surface area contributed by atoms with Gasteiger partial charge in [-0.25, -0.2) is 14.4 Å². The summed E-state index contributed by atoms with van der Waals surface area (Å²) in [5.41, 5.74) is 5.24. The van der Waals surface area contributed by atoms with E-state index < -0.39 is 0 Å². The molecular formula is C22H14ClFN2. The minimum absolute atomic E-state index is 0.139. The summed E-state index contributed by atoms with van der Waals surface area (Å²) in [6, 6.07) is 24.8. The lowest BCUT2D eigenvalue weighted by molar-refractivity contribution is 0.629. The molecule has 0 aliphatic carbocycles. The highest BCUT2D eigenvalue weighted by atomic mass is 35.5. The van der Waals surface area contributed by atoms with E-state index in [4.69, 9.17) is 11.6 Å². The number of rotatable bonds is 3. The predicted octanol–water partition coefficient (Wildman–Crippen LogP) is 6.27. The second-order valence-corrected chi connectivity index (χ2v) is 6.22. The Bertz CT molecular complexity index is 1050. The molecule has 0 N–H and O–H groups in total. The number of hydrogen-bond donors (Lipinski definition) is 0. The minimum Gasteiger partial charge on any atom is -0.226 e. The second kappa shape index (κ2) is 7.06. The van der Waals surface area contributed by atoms with E-state index >= 15 is 0 Å². The Morgan fingerprint density at radius 1 is 0.654 bits per heavy atom. The van der Waals surface area contributed by atoms with Gasteiger partial charge in [0, 0.05) is 11.8 Å². The minimum atomic E-state index is -0.320. The van der Waals surface area contributed by atoms with Gasteiger partial charge in [-0.05, 0) is 58.1 Å². The monoisotopic (exact) mass is 360 g/mol. The third-order valence-electron chi connectivity index (χ3n) is 4.15. The van der Waals surface area contributed by atoms with Crippen molar-refractivity contribution in [3.05, 3.63) is 96.2 Å². The molecule has 0 fully saturated rings. The van der Waals surface area contributed by atoms with E-state index in [9.17, 15) is 4.39 Å².